The van der Waals surface area contributed by atoms with Crippen LogP contribution in [0.5, 0.6) is 11.5 Å². The Morgan fingerprint density at radius 3 is 2.46 bits per heavy atom. The predicted octanol–water partition coefficient (Wildman–Crippen LogP) is 5.52. The number of aromatic hydroxyl groups is 1. The molecule has 2 bridgehead atoms. The van der Waals surface area contributed by atoms with Crippen molar-refractivity contribution >= 4 is 22.9 Å². The lowest BCUT2D eigenvalue weighted by Crippen LogP contribution is -2.52. The molecule has 2 amide bonds. The number of aromatic amines is 1. The van der Waals surface area contributed by atoms with E-state index in [4.69, 9.17) is 14.2 Å². The summed E-state index contributed by atoms with van der Waals surface area (Å²) < 4.78 is 17.5. The summed E-state index contributed by atoms with van der Waals surface area (Å²) in [5.41, 5.74) is 3.78. The Kier molecular flexibility index (Phi) is 13.9. The molecule has 0 spiro atoms. The molecule has 3 aliphatic heterocycles. The molecule has 3 saturated heterocycles. The number of ether oxygens (including phenoxy) is 3. The molecule has 0 aliphatic carbocycles. The van der Waals surface area contributed by atoms with E-state index < -0.39 is 18.2 Å². The van der Waals surface area contributed by atoms with E-state index in [1.807, 2.05) is 66.7 Å². The number of carbonyl (C=O) groups excluding carboxylic acids is 2. The predicted molar refractivity (Wildman–Crippen MR) is 225 cm³/mol. The largest absolute Gasteiger partial charge is 0.506 e. The number of aromatic nitrogens is 1. The maximum absolute atomic E-state index is 13.6. The number of carbonyl (C=O) groups is 2. The second-order valence-electron chi connectivity index (χ2n) is 15.3. The van der Waals surface area contributed by atoms with Crippen molar-refractivity contribution in [3.05, 3.63) is 141 Å². The van der Waals surface area contributed by atoms with E-state index >= 15 is 0 Å². The second-order valence-corrected chi connectivity index (χ2v) is 15.3. The van der Waals surface area contributed by atoms with E-state index in [1.165, 1.54) is 12.1 Å². The molecule has 310 valence electrons. The Morgan fingerprint density at radius 1 is 0.932 bits per heavy atom. The fourth-order valence-corrected chi connectivity index (χ4v) is 8.02. The minimum atomic E-state index is -0.875. The van der Waals surface area contributed by atoms with Gasteiger partial charge in [0.25, 0.3) is 5.91 Å². The van der Waals surface area contributed by atoms with Gasteiger partial charge in [0.15, 0.2) is 0 Å². The van der Waals surface area contributed by atoms with Crippen LogP contribution < -0.4 is 20.9 Å². The van der Waals surface area contributed by atoms with Crippen LogP contribution in [0.1, 0.15) is 64.0 Å². The first-order chi connectivity index (χ1) is 28.7. The molecule has 13 heteroatoms. The van der Waals surface area contributed by atoms with Gasteiger partial charge in [-0.15, -0.1) is 0 Å². The van der Waals surface area contributed by atoms with Crippen LogP contribution in [0.15, 0.2) is 108 Å². The van der Waals surface area contributed by atoms with Crippen LogP contribution in [0.4, 0.5) is 4.79 Å². The van der Waals surface area contributed by atoms with Crippen molar-refractivity contribution in [2.24, 2.45) is 5.92 Å². The number of phenolic OH excluding ortho intramolecular Hbond substituents is 1. The van der Waals surface area contributed by atoms with Crippen molar-refractivity contribution in [1.29, 1.82) is 0 Å². The summed E-state index contributed by atoms with van der Waals surface area (Å²) >= 11 is 0. The number of aliphatic hydroxyl groups excluding tert-OH is 1. The molecule has 1 aromatic heterocycles. The summed E-state index contributed by atoms with van der Waals surface area (Å²) in [6, 6.07) is 30.5. The number of nitrogens with zero attached hydrogens (tertiary/aromatic N) is 2. The normalized spacial score (nSPS) is 18.2. The maximum atomic E-state index is 13.6. The molecular weight excluding hydrogens is 751 g/mol. The zero-order chi connectivity index (χ0) is 41.1. The minimum Gasteiger partial charge on any atom is -0.506 e. The average molecular weight is 804 g/mol. The standard InChI is InChI=1S/C46H53N5O8/c1-57-26-25-51(22-6-21-47-28-40(53)37-15-17-39(52)44-38(37)16-18-42(54)48-44)45(55)34-13-11-31(12-14-34)30-58-36-10-5-9-35(27-36)43(33-7-3-2-4-8-33)49-46(56)59-41-29-50-23-19-32(41)20-24-50/h2-5,7-18,27,32,40-41,43,47,52-53H,6,19-26,28-30H2,1H3,(H,48,54)(H,49,56)/t40-,41+,43?/m1/s1. The summed E-state index contributed by atoms with van der Waals surface area (Å²) in [6.45, 7) is 5.31. The van der Waals surface area contributed by atoms with Gasteiger partial charge in [0.1, 0.15) is 24.2 Å². The van der Waals surface area contributed by atoms with Crippen molar-refractivity contribution in [3.8, 4) is 11.5 Å². The SMILES string of the molecule is COCCN(CCCNC[C@@H](O)c1ccc(O)c2[nH]c(=O)ccc12)C(=O)c1ccc(COc2cccc(C(NC(=O)O[C@H]3CN4CCC3CC4)c3ccccc3)c2)cc1. The van der Waals surface area contributed by atoms with Crippen molar-refractivity contribution in [3.63, 3.8) is 0 Å². The Balaban J connectivity index is 0.914. The van der Waals surface area contributed by atoms with Gasteiger partial charge in [0.05, 0.1) is 24.3 Å². The van der Waals surface area contributed by atoms with Gasteiger partial charge < -0.3 is 44.9 Å². The fraction of sp³-hybridized carbons (Fsp3) is 0.370. The third-order valence-corrected chi connectivity index (χ3v) is 11.3. The van der Waals surface area contributed by atoms with Crippen LogP contribution >= 0.6 is 0 Å². The quantitative estimate of drug-likeness (QED) is 0.0713. The van der Waals surface area contributed by atoms with Crippen LogP contribution in [0, 0.1) is 5.92 Å². The van der Waals surface area contributed by atoms with Crippen molar-refractivity contribution in [2.75, 3.05) is 59.5 Å². The number of aliphatic hydroxyl groups is 1. The average Bonchev–Trinajstić information content (AvgIpc) is 3.26. The number of nitrogens with one attached hydrogen (secondary N) is 3. The number of H-pyrrole nitrogens is 1. The highest BCUT2D eigenvalue weighted by molar-refractivity contribution is 5.94. The van der Waals surface area contributed by atoms with Gasteiger partial charge in [-0.25, -0.2) is 4.79 Å². The second kappa shape index (κ2) is 19.8. The van der Waals surface area contributed by atoms with Crippen LogP contribution in [0.3, 0.4) is 0 Å². The van der Waals surface area contributed by atoms with Crippen molar-refractivity contribution in [2.45, 2.75) is 44.1 Å². The highest BCUT2D eigenvalue weighted by Crippen LogP contribution is 2.31. The van der Waals surface area contributed by atoms with E-state index in [9.17, 15) is 24.6 Å². The third kappa shape index (κ3) is 10.7. The van der Waals surface area contributed by atoms with E-state index in [0.717, 1.165) is 49.2 Å². The highest BCUT2D eigenvalue weighted by Gasteiger charge is 2.37. The molecule has 3 atom stereocenters. The summed E-state index contributed by atoms with van der Waals surface area (Å²) in [6.07, 6.45) is 1.37. The Morgan fingerprint density at radius 2 is 1.71 bits per heavy atom. The number of methoxy groups -OCH3 is 1. The van der Waals surface area contributed by atoms with Gasteiger partial charge in [0.2, 0.25) is 5.56 Å². The number of hydrogen-bond donors (Lipinski definition) is 5. The summed E-state index contributed by atoms with van der Waals surface area (Å²) in [5.74, 6) is 0.889. The Labute approximate surface area is 343 Å². The van der Waals surface area contributed by atoms with Crippen LogP contribution in [-0.4, -0.2) is 103 Å². The van der Waals surface area contributed by atoms with Crippen LogP contribution in [-0.2, 0) is 16.1 Å². The highest BCUT2D eigenvalue weighted by atomic mass is 16.6. The Hall–Kier alpha value is -5.73. The number of amides is 2. The molecule has 5 N–H and O–H groups in total. The molecule has 1 unspecified atom stereocenters. The van der Waals surface area contributed by atoms with Gasteiger partial charge in [-0.2, -0.15) is 0 Å². The lowest BCUT2D eigenvalue weighted by molar-refractivity contribution is -0.0336. The van der Waals surface area contributed by atoms with Gasteiger partial charge in [-0.1, -0.05) is 60.7 Å². The molecule has 13 nitrogen and oxygen atoms in total. The lowest BCUT2D eigenvalue weighted by atomic mass is 9.86. The number of alkyl carbamates (subject to hydrolysis) is 1. The molecule has 5 aromatic rings. The van der Waals surface area contributed by atoms with Crippen LogP contribution in [0.2, 0.25) is 0 Å². The fourth-order valence-electron chi connectivity index (χ4n) is 8.02. The zero-order valence-corrected chi connectivity index (χ0v) is 33.3. The number of phenols is 1. The molecule has 4 aromatic carbocycles. The lowest BCUT2D eigenvalue weighted by Gasteiger charge is -2.43. The number of rotatable bonds is 18. The first-order valence-electron chi connectivity index (χ1n) is 20.3. The van der Waals surface area contributed by atoms with Crippen molar-refractivity contribution in [1.82, 2.24) is 25.4 Å². The van der Waals surface area contributed by atoms with E-state index in [0.29, 0.717) is 60.8 Å². The molecule has 0 radical (unpaired) electrons. The van der Waals surface area contributed by atoms with Gasteiger partial charge in [0, 0.05) is 50.3 Å². The zero-order valence-electron chi connectivity index (χ0n) is 33.3. The Bertz CT molecular complexity index is 2230. The van der Waals surface area contributed by atoms with E-state index in [-0.39, 0.29) is 42.0 Å². The first-order valence-corrected chi connectivity index (χ1v) is 20.3. The summed E-state index contributed by atoms with van der Waals surface area (Å²) in [4.78, 5) is 45.4. The molecule has 3 fully saturated rings. The van der Waals surface area contributed by atoms with Crippen molar-refractivity contribution < 1.29 is 34.0 Å². The molecule has 4 heterocycles. The number of benzene rings is 4. The number of pyridine rings is 1. The molecule has 0 saturated carbocycles. The molecule has 59 heavy (non-hydrogen) atoms. The van der Waals surface area contributed by atoms with Crippen LogP contribution in [0.25, 0.3) is 10.9 Å². The van der Waals surface area contributed by atoms with E-state index in [2.05, 4.69) is 20.5 Å². The van der Waals surface area contributed by atoms with Gasteiger partial charge >= 0.3 is 6.09 Å². The first kappa shape index (κ1) is 41.4. The van der Waals surface area contributed by atoms with Gasteiger partial charge in [-0.3, -0.25) is 14.5 Å². The topological polar surface area (TPSA) is 166 Å². The minimum absolute atomic E-state index is 0.0613. The van der Waals surface area contributed by atoms with E-state index in [1.54, 1.807) is 36.3 Å². The third-order valence-electron chi connectivity index (χ3n) is 11.3. The smallest absolute Gasteiger partial charge is 0.408 e. The maximum Gasteiger partial charge on any atom is 0.408 e. The molecule has 8 rings (SSSR count). The number of hydrogen-bond acceptors (Lipinski definition) is 10. The number of piperidine rings is 3. The molecule has 3 aliphatic rings. The number of fused-ring (bicyclic) bond motifs is 4. The summed E-state index contributed by atoms with van der Waals surface area (Å²) in [5, 5.41) is 28.0. The summed E-state index contributed by atoms with van der Waals surface area (Å²) in [7, 11) is 1.60. The monoisotopic (exact) mass is 803 g/mol. The van der Waals surface area contributed by atoms with Gasteiger partial charge in [-0.05, 0) is 103 Å². The molecular formula is C46H53N5O8.